The highest BCUT2D eigenvalue weighted by molar-refractivity contribution is 7.99. The molecule has 0 aromatic heterocycles. The van der Waals surface area contributed by atoms with E-state index in [1.165, 1.54) is 43.9 Å². The van der Waals surface area contributed by atoms with Crippen LogP contribution in [0.5, 0.6) is 0 Å². The van der Waals surface area contributed by atoms with Crippen LogP contribution in [0.15, 0.2) is 0 Å². The zero-order valence-electron chi connectivity index (χ0n) is 8.13. The summed E-state index contributed by atoms with van der Waals surface area (Å²) in [4.78, 5) is 0. The monoisotopic (exact) mass is 201 g/mol. The maximum Gasteiger partial charge on any atom is 0.0665 e. The van der Waals surface area contributed by atoms with Crippen LogP contribution in [0.2, 0.25) is 0 Å². The third kappa shape index (κ3) is 3.15. The second kappa shape index (κ2) is 5.23. The van der Waals surface area contributed by atoms with Gasteiger partial charge in [-0.05, 0) is 44.0 Å². The Kier molecular flexibility index (Phi) is 3.94. The first-order valence-electron chi connectivity index (χ1n) is 5.35. The van der Waals surface area contributed by atoms with Crippen molar-refractivity contribution in [2.24, 2.45) is 5.92 Å². The van der Waals surface area contributed by atoms with Crippen LogP contribution in [-0.4, -0.2) is 37.3 Å². The molecule has 0 amide bonds. The molecule has 0 aromatic rings. The van der Waals surface area contributed by atoms with E-state index >= 15 is 0 Å². The summed E-state index contributed by atoms with van der Waals surface area (Å²) in [6.45, 7) is 3.47. The van der Waals surface area contributed by atoms with E-state index in [0.717, 1.165) is 12.5 Å². The minimum Gasteiger partial charge on any atom is -0.377 e. The van der Waals surface area contributed by atoms with E-state index in [0.29, 0.717) is 6.10 Å². The predicted molar refractivity (Wildman–Crippen MR) is 57.3 cm³/mol. The third-order valence-electron chi connectivity index (χ3n) is 2.80. The van der Waals surface area contributed by atoms with Gasteiger partial charge in [-0.1, -0.05) is 0 Å². The van der Waals surface area contributed by atoms with Gasteiger partial charge in [0.1, 0.15) is 0 Å². The van der Waals surface area contributed by atoms with Crippen molar-refractivity contribution < 1.29 is 4.74 Å². The number of rotatable bonds is 4. The van der Waals surface area contributed by atoms with Crippen LogP contribution in [-0.2, 0) is 4.74 Å². The summed E-state index contributed by atoms with van der Waals surface area (Å²) in [7, 11) is 0. The largest absolute Gasteiger partial charge is 0.377 e. The smallest absolute Gasteiger partial charge is 0.0665 e. The van der Waals surface area contributed by atoms with Gasteiger partial charge in [0.2, 0.25) is 0 Å². The molecule has 0 aromatic carbocycles. The molecule has 1 unspecified atom stereocenters. The second-order valence-corrected chi connectivity index (χ2v) is 5.13. The highest BCUT2D eigenvalue weighted by atomic mass is 32.2. The Labute approximate surface area is 84.8 Å². The quantitative estimate of drug-likeness (QED) is 0.745. The summed E-state index contributed by atoms with van der Waals surface area (Å²) in [5, 5.41) is 3.31. The average Bonchev–Trinajstić information content (AvgIpc) is 2.11. The van der Waals surface area contributed by atoms with Gasteiger partial charge in [0, 0.05) is 12.4 Å². The van der Waals surface area contributed by atoms with Crippen molar-refractivity contribution in [3.05, 3.63) is 0 Å². The van der Waals surface area contributed by atoms with Gasteiger partial charge >= 0.3 is 0 Å². The van der Waals surface area contributed by atoms with Crippen molar-refractivity contribution in [2.45, 2.75) is 25.4 Å². The van der Waals surface area contributed by atoms with Crippen LogP contribution < -0.4 is 5.32 Å². The topological polar surface area (TPSA) is 21.3 Å². The van der Waals surface area contributed by atoms with Crippen LogP contribution >= 0.6 is 11.8 Å². The van der Waals surface area contributed by atoms with E-state index in [9.17, 15) is 0 Å². The molecular weight excluding hydrogens is 182 g/mol. The Morgan fingerprint density at radius 3 is 2.77 bits per heavy atom. The number of hydrogen-bond acceptors (Lipinski definition) is 3. The Hall–Kier alpha value is 0.270. The Morgan fingerprint density at radius 2 is 2.15 bits per heavy atom. The first-order chi connectivity index (χ1) is 6.45. The second-order valence-electron chi connectivity index (χ2n) is 4.05. The fourth-order valence-corrected chi connectivity index (χ4v) is 3.00. The molecule has 0 aliphatic carbocycles. The van der Waals surface area contributed by atoms with Crippen LogP contribution in [0, 0.1) is 5.92 Å². The molecule has 0 radical (unpaired) electrons. The van der Waals surface area contributed by atoms with Crippen LogP contribution in [0.25, 0.3) is 0 Å². The van der Waals surface area contributed by atoms with Gasteiger partial charge in [0.15, 0.2) is 0 Å². The lowest BCUT2D eigenvalue weighted by molar-refractivity contribution is 0.0315. The molecule has 2 aliphatic heterocycles. The molecule has 2 fully saturated rings. The molecule has 3 heteroatoms. The molecule has 2 aliphatic rings. The zero-order valence-corrected chi connectivity index (χ0v) is 8.94. The molecule has 0 saturated carbocycles. The minimum absolute atomic E-state index is 0.562. The summed E-state index contributed by atoms with van der Waals surface area (Å²) >= 11 is 2.08. The minimum atomic E-state index is 0.562. The number of ether oxygens (including phenoxy) is 1. The fraction of sp³-hybridized carbons (Fsp3) is 1.00. The Balaban J connectivity index is 1.50. The zero-order chi connectivity index (χ0) is 8.93. The normalized spacial score (nSPS) is 30.0. The summed E-state index contributed by atoms with van der Waals surface area (Å²) in [5.74, 6) is 3.48. The van der Waals surface area contributed by atoms with Crippen molar-refractivity contribution in [2.75, 3.05) is 31.2 Å². The summed E-state index contributed by atoms with van der Waals surface area (Å²) in [6.07, 6.45) is 4.49. The molecular formula is C10H19NOS. The number of hydrogen-bond donors (Lipinski definition) is 1. The van der Waals surface area contributed by atoms with Crippen molar-refractivity contribution in [1.29, 1.82) is 0 Å². The Morgan fingerprint density at radius 1 is 1.23 bits per heavy atom. The van der Waals surface area contributed by atoms with E-state index in [1.54, 1.807) is 0 Å². The van der Waals surface area contributed by atoms with E-state index in [2.05, 4.69) is 17.1 Å². The van der Waals surface area contributed by atoms with E-state index in [1.807, 2.05) is 0 Å². The van der Waals surface area contributed by atoms with Crippen LogP contribution in [0.4, 0.5) is 0 Å². The maximum absolute atomic E-state index is 5.67. The van der Waals surface area contributed by atoms with Crippen LogP contribution in [0.1, 0.15) is 19.3 Å². The van der Waals surface area contributed by atoms with Gasteiger partial charge in [-0.15, -0.1) is 0 Å². The van der Waals surface area contributed by atoms with Crippen LogP contribution in [0.3, 0.4) is 0 Å². The molecule has 2 nitrogen and oxygen atoms in total. The van der Waals surface area contributed by atoms with Gasteiger partial charge in [-0.2, -0.15) is 11.8 Å². The lowest BCUT2D eigenvalue weighted by atomic mass is 10.1. The molecule has 13 heavy (non-hydrogen) atoms. The summed E-state index contributed by atoms with van der Waals surface area (Å²) < 4.78 is 5.67. The fourth-order valence-electron chi connectivity index (χ4n) is 1.77. The summed E-state index contributed by atoms with van der Waals surface area (Å²) in [6, 6.07) is 0. The number of nitrogens with one attached hydrogen (secondary N) is 1. The van der Waals surface area contributed by atoms with Gasteiger partial charge in [0.05, 0.1) is 6.10 Å². The highest BCUT2D eigenvalue weighted by Gasteiger charge is 2.18. The lowest BCUT2D eigenvalue weighted by Gasteiger charge is -2.28. The molecule has 0 bridgehead atoms. The van der Waals surface area contributed by atoms with Gasteiger partial charge in [-0.25, -0.2) is 0 Å². The molecule has 76 valence electrons. The SMILES string of the molecule is C1CCC(CSCC2CNC2)OC1. The molecule has 2 heterocycles. The molecule has 1 atom stereocenters. The predicted octanol–water partition coefficient (Wildman–Crippen LogP) is 1.51. The Bertz CT molecular complexity index is 144. The van der Waals surface area contributed by atoms with E-state index in [4.69, 9.17) is 4.74 Å². The first-order valence-corrected chi connectivity index (χ1v) is 6.50. The highest BCUT2D eigenvalue weighted by Crippen LogP contribution is 2.19. The van der Waals surface area contributed by atoms with Crippen molar-refractivity contribution in [3.63, 3.8) is 0 Å². The maximum atomic E-state index is 5.67. The molecule has 2 rings (SSSR count). The summed E-state index contributed by atoms with van der Waals surface area (Å²) in [5.41, 5.74) is 0. The standard InChI is InChI=1S/C10H19NOS/c1-2-4-12-10(3-1)8-13-7-9-5-11-6-9/h9-11H,1-8H2. The lowest BCUT2D eigenvalue weighted by Crippen LogP contribution is -2.43. The van der Waals surface area contributed by atoms with Gasteiger partial charge in [-0.3, -0.25) is 0 Å². The van der Waals surface area contributed by atoms with Crippen molar-refractivity contribution in [3.8, 4) is 0 Å². The average molecular weight is 201 g/mol. The first kappa shape index (κ1) is 9.81. The van der Waals surface area contributed by atoms with Gasteiger partial charge in [0.25, 0.3) is 0 Å². The van der Waals surface area contributed by atoms with Crippen molar-refractivity contribution >= 4 is 11.8 Å². The molecule has 0 spiro atoms. The third-order valence-corrected chi connectivity index (χ3v) is 4.11. The van der Waals surface area contributed by atoms with E-state index in [-0.39, 0.29) is 0 Å². The van der Waals surface area contributed by atoms with E-state index < -0.39 is 0 Å². The van der Waals surface area contributed by atoms with Gasteiger partial charge < -0.3 is 10.1 Å². The number of thioether (sulfide) groups is 1. The molecule has 2 saturated heterocycles. The molecule has 1 N–H and O–H groups in total. The van der Waals surface area contributed by atoms with Crippen molar-refractivity contribution in [1.82, 2.24) is 5.32 Å².